The second-order valence-corrected chi connectivity index (χ2v) is 21.3. The fourth-order valence-corrected chi connectivity index (χ4v) is 12.6. The minimum absolute atomic E-state index is 0.896. The minimum atomic E-state index is -2.95. The first-order valence-electron chi connectivity index (χ1n) is 12.4. The number of halogens is 1. The van der Waals surface area contributed by atoms with Crippen molar-refractivity contribution in [3.05, 3.63) is 133 Å². The molecule has 0 radical (unpaired) electrons. The second-order valence-electron chi connectivity index (χ2n) is 9.64. The zero-order valence-electron chi connectivity index (χ0n) is 20.9. The molecule has 0 N–H and O–H groups in total. The number of benzene rings is 6. The third-order valence-corrected chi connectivity index (χ3v) is 17.1. The molecule has 0 spiro atoms. The van der Waals surface area contributed by atoms with Crippen molar-refractivity contribution in [1.82, 2.24) is 0 Å². The van der Waals surface area contributed by atoms with Gasteiger partial charge in [0.05, 0.1) is 0 Å². The molecule has 6 aromatic carbocycles. The van der Waals surface area contributed by atoms with Crippen LogP contribution in [0.15, 0.2) is 133 Å². The molecule has 0 bridgehead atoms. The van der Waals surface area contributed by atoms with Gasteiger partial charge in [0.1, 0.15) is 0 Å². The number of ether oxygens (including phenoxy) is 1. The quantitative estimate of drug-likeness (QED) is 0.141. The van der Waals surface area contributed by atoms with Crippen LogP contribution in [0, 0.1) is 0 Å². The number of rotatable bonds is 5. The molecular formula is C34H28IOP. The van der Waals surface area contributed by atoms with Gasteiger partial charge in [-0.1, -0.05) is 0 Å². The predicted molar refractivity (Wildman–Crippen MR) is 172 cm³/mol. The van der Waals surface area contributed by atoms with Gasteiger partial charge in [0.15, 0.2) is 0 Å². The summed E-state index contributed by atoms with van der Waals surface area (Å²) in [6, 6.07) is 48.4. The Kier molecular flexibility index (Phi) is 6.06. The van der Waals surface area contributed by atoms with Gasteiger partial charge in [-0.15, -0.1) is 0 Å². The first kappa shape index (κ1) is 24.2. The van der Waals surface area contributed by atoms with Gasteiger partial charge in [-0.3, -0.25) is 0 Å². The summed E-state index contributed by atoms with van der Waals surface area (Å²) in [5, 5.41) is 8.96. The zero-order valence-corrected chi connectivity index (χ0v) is 24.0. The van der Waals surface area contributed by atoms with Gasteiger partial charge in [0, 0.05) is 0 Å². The van der Waals surface area contributed by atoms with E-state index in [0.29, 0.717) is 0 Å². The van der Waals surface area contributed by atoms with Crippen molar-refractivity contribution in [3.63, 3.8) is 0 Å². The molecule has 0 heterocycles. The summed E-state index contributed by atoms with van der Waals surface area (Å²) in [4.78, 5) is 0. The Labute approximate surface area is 231 Å². The average molecular weight is 610 g/mol. The van der Waals surface area contributed by atoms with Gasteiger partial charge >= 0.3 is 233 Å². The molecular weight excluding hydrogens is 582 g/mol. The fraction of sp³-hybridized carbons (Fsp3) is 0.0588. The van der Waals surface area contributed by atoms with E-state index < -0.39 is 4.25 Å². The maximum atomic E-state index is 6.08. The molecule has 182 valence electrons. The van der Waals surface area contributed by atoms with Crippen molar-refractivity contribution in [1.29, 1.82) is 0 Å². The van der Waals surface area contributed by atoms with Crippen LogP contribution in [-0.2, 0) is 0 Å². The molecule has 6 aromatic rings. The topological polar surface area (TPSA) is 9.23 Å². The van der Waals surface area contributed by atoms with E-state index in [4.69, 9.17) is 4.74 Å². The molecule has 0 saturated heterocycles. The standard InChI is InChI=1S/C34H28IOP/c1-36-31-23-21-25-13-9-11-19-29(25)33(31)34-30-20-12-10-14-26(30)22-24-32(34)37(2,35,27-15-5-3-6-16-27)28-17-7-4-8-18-28/h3-24H,1-2H3. The fourth-order valence-electron chi connectivity index (χ4n) is 5.64. The number of hydrogen-bond acceptors (Lipinski definition) is 1. The van der Waals surface area contributed by atoms with E-state index in [0.717, 1.165) is 11.3 Å². The molecule has 3 heteroatoms. The van der Waals surface area contributed by atoms with Crippen molar-refractivity contribution in [3.8, 4) is 16.9 Å². The van der Waals surface area contributed by atoms with Crippen molar-refractivity contribution in [2.24, 2.45) is 0 Å². The summed E-state index contributed by atoms with van der Waals surface area (Å²) in [6.07, 6.45) is 0. The van der Waals surface area contributed by atoms with Crippen LogP contribution in [0.1, 0.15) is 0 Å². The third kappa shape index (κ3) is 3.77. The molecule has 0 unspecified atom stereocenters. The maximum absolute atomic E-state index is 6.08. The summed E-state index contributed by atoms with van der Waals surface area (Å²) < 4.78 is 3.13. The summed E-state index contributed by atoms with van der Waals surface area (Å²) in [5.74, 6) is 0.896. The van der Waals surface area contributed by atoms with Crippen LogP contribution >= 0.6 is 26.3 Å². The van der Waals surface area contributed by atoms with Crippen LogP contribution in [0.2, 0.25) is 0 Å². The molecule has 0 aliphatic heterocycles. The molecule has 1 nitrogen and oxygen atoms in total. The summed E-state index contributed by atoms with van der Waals surface area (Å²) in [6.45, 7) is 2.49. The Hall–Kier alpha value is -3.20. The molecule has 0 aliphatic carbocycles. The van der Waals surface area contributed by atoms with Gasteiger partial charge in [-0.2, -0.15) is 0 Å². The van der Waals surface area contributed by atoms with Gasteiger partial charge in [-0.25, -0.2) is 0 Å². The first-order valence-corrected chi connectivity index (χ1v) is 17.9. The molecule has 37 heavy (non-hydrogen) atoms. The number of methoxy groups -OCH3 is 1. The molecule has 6 rings (SSSR count). The molecule has 0 fully saturated rings. The van der Waals surface area contributed by atoms with E-state index in [9.17, 15) is 0 Å². The molecule has 0 saturated carbocycles. The van der Waals surface area contributed by atoms with Gasteiger partial charge in [0.2, 0.25) is 0 Å². The van der Waals surface area contributed by atoms with Gasteiger partial charge < -0.3 is 0 Å². The van der Waals surface area contributed by atoms with Crippen LogP contribution in [0.5, 0.6) is 5.75 Å². The van der Waals surface area contributed by atoms with Crippen molar-refractivity contribution >= 4 is 63.7 Å². The van der Waals surface area contributed by atoms with Crippen LogP contribution in [0.25, 0.3) is 32.7 Å². The Balaban J connectivity index is 1.86. The summed E-state index contributed by atoms with van der Waals surface area (Å²) in [5.41, 5.74) is 2.42. The van der Waals surface area contributed by atoms with Gasteiger partial charge in [0.25, 0.3) is 0 Å². The second kappa shape index (κ2) is 9.28. The molecule has 0 atom stereocenters. The Morgan fingerprint density at radius 2 is 0.973 bits per heavy atom. The predicted octanol–water partition coefficient (Wildman–Crippen LogP) is 8.48. The Morgan fingerprint density at radius 1 is 0.514 bits per heavy atom. The first-order chi connectivity index (χ1) is 18.0. The number of hydrogen-bond donors (Lipinski definition) is 0. The molecule has 0 amide bonds. The summed E-state index contributed by atoms with van der Waals surface area (Å²) >= 11 is 2.83. The Morgan fingerprint density at radius 3 is 1.51 bits per heavy atom. The number of fused-ring (bicyclic) bond motifs is 2. The average Bonchev–Trinajstić information content (AvgIpc) is 2.97. The monoisotopic (exact) mass is 610 g/mol. The SMILES string of the molecule is COc1ccc2ccccc2c1-c1c(P(C)(I)(c2ccccc2)c2ccccc2)ccc2ccccc12. The van der Waals surface area contributed by atoms with Crippen LogP contribution in [0.4, 0.5) is 0 Å². The van der Waals surface area contributed by atoms with Crippen LogP contribution in [-0.4, -0.2) is 13.8 Å². The summed E-state index contributed by atoms with van der Waals surface area (Å²) in [7, 11) is 1.78. The van der Waals surface area contributed by atoms with E-state index in [1.54, 1.807) is 7.11 Å². The Bertz CT molecular complexity index is 1700. The van der Waals surface area contributed by atoms with Crippen molar-refractivity contribution < 1.29 is 4.74 Å². The van der Waals surface area contributed by atoms with Crippen molar-refractivity contribution in [2.75, 3.05) is 13.8 Å². The van der Waals surface area contributed by atoms with E-state index >= 15 is 0 Å². The van der Waals surface area contributed by atoms with Gasteiger partial charge in [-0.05, 0) is 0 Å². The third-order valence-electron chi connectivity index (χ3n) is 7.58. The van der Waals surface area contributed by atoms with Crippen molar-refractivity contribution in [2.45, 2.75) is 0 Å². The molecule has 0 aliphatic rings. The van der Waals surface area contributed by atoms with Crippen LogP contribution < -0.4 is 20.7 Å². The van der Waals surface area contributed by atoms with E-state index in [1.165, 1.54) is 43.0 Å². The van der Waals surface area contributed by atoms with E-state index in [2.05, 4.69) is 162 Å². The van der Waals surface area contributed by atoms with E-state index in [-0.39, 0.29) is 0 Å². The zero-order chi connectivity index (χ0) is 25.5. The molecule has 0 aromatic heterocycles. The normalized spacial score (nSPS) is 12.8. The van der Waals surface area contributed by atoms with Crippen LogP contribution in [0.3, 0.4) is 0 Å². The van der Waals surface area contributed by atoms with E-state index in [1.807, 2.05) is 0 Å².